The summed E-state index contributed by atoms with van der Waals surface area (Å²) in [6.07, 6.45) is 1.87. The van der Waals surface area contributed by atoms with E-state index >= 15 is 0 Å². The van der Waals surface area contributed by atoms with Crippen molar-refractivity contribution in [2.75, 3.05) is 0 Å². The van der Waals surface area contributed by atoms with Gasteiger partial charge in [-0.2, -0.15) is 0 Å². The zero-order chi connectivity index (χ0) is 23.5. The highest BCUT2D eigenvalue weighted by atomic mass is 32.1. The summed E-state index contributed by atoms with van der Waals surface area (Å²) in [6, 6.07) is 23.9. The minimum absolute atomic E-state index is 0.138. The number of hydrogen-bond acceptors (Lipinski definition) is 4. The number of carbonyl (C=O) groups is 1. The largest absolute Gasteiger partial charge is 0.489 e. The predicted molar refractivity (Wildman–Crippen MR) is 132 cm³/mol. The van der Waals surface area contributed by atoms with Crippen molar-refractivity contribution in [1.82, 2.24) is 14.7 Å². The Kier molecular flexibility index (Phi) is 6.10. The van der Waals surface area contributed by atoms with Gasteiger partial charge in [0.05, 0.1) is 5.69 Å². The maximum Gasteiger partial charge on any atom is 0.263 e. The molecular formula is C27H22FN3O2S. The first-order valence-corrected chi connectivity index (χ1v) is 11.7. The molecule has 0 unspecified atom stereocenters. The van der Waals surface area contributed by atoms with Gasteiger partial charge in [-0.15, -0.1) is 0 Å². The Hall–Kier alpha value is -3.97. The molecule has 1 amide bonds. The van der Waals surface area contributed by atoms with Crippen LogP contribution in [0.15, 0.2) is 85.1 Å². The SMILES string of the molecule is Cc1c(C(=O)NCc2ccc(OCc3ccccc3)cc2)sc2nc(-c3ccc(F)cc3)cn12. The molecule has 0 aliphatic heterocycles. The van der Waals surface area contributed by atoms with Crippen molar-refractivity contribution in [2.24, 2.45) is 0 Å². The van der Waals surface area contributed by atoms with Gasteiger partial charge in [0.1, 0.15) is 23.1 Å². The van der Waals surface area contributed by atoms with Crippen molar-refractivity contribution in [1.29, 1.82) is 0 Å². The lowest BCUT2D eigenvalue weighted by atomic mass is 10.2. The fraction of sp³-hybridized carbons (Fsp3) is 0.111. The van der Waals surface area contributed by atoms with Gasteiger partial charge in [0.25, 0.3) is 5.91 Å². The molecule has 5 aromatic rings. The van der Waals surface area contributed by atoms with Gasteiger partial charge in [-0.3, -0.25) is 9.20 Å². The van der Waals surface area contributed by atoms with Gasteiger partial charge in [-0.25, -0.2) is 9.37 Å². The second-order valence-electron chi connectivity index (χ2n) is 7.90. The number of hydrogen-bond donors (Lipinski definition) is 1. The molecule has 0 radical (unpaired) electrons. The molecule has 0 bridgehead atoms. The van der Waals surface area contributed by atoms with E-state index in [0.29, 0.717) is 18.0 Å². The summed E-state index contributed by atoms with van der Waals surface area (Å²) in [7, 11) is 0. The second-order valence-corrected chi connectivity index (χ2v) is 8.88. The number of nitrogens with one attached hydrogen (secondary N) is 1. The van der Waals surface area contributed by atoms with Crippen molar-refractivity contribution in [3.63, 3.8) is 0 Å². The van der Waals surface area contributed by atoms with Gasteiger partial charge in [-0.05, 0) is 54.4 Å². The average molecular weight is 472 g/mol. The maximum absolute atomic E-state index is 13.2. The van der Waals surface area contributed by atoms with Crippen LogP contribution in [0.4, 0.5) is 4.39 Å². The molecular weight excluding hydrogens is 449 g/mol. The Morgan fingerprint density at radius 1 is 1.00 bits per heavy atom. The molecule has 3 aromatic carbocycles. The molecule has 0 fully saturated rings. The van der Waals surface area contributed by atoms with Crippen LogP contribution in [0, 0.1) is 12.7 Å². The quantitative estimate of drug-likeness (QED) is 0.316. The first-order chi connectivity index (χ1) is 16.6. The van der Waals surface area contributed by atoms with Crippen LogP contribution < -0.4 is 10.1 Å². The van der Waals surface area contributed by atoms with Crippen molar-refractivity contribution >= 4 is 22.2 Å². The number of fused-ring (bicyclic) bond motifs is 1. The van der Waals surface area contributed by atoms with Crippen LogP contribution in [0.5, 0.6) is 5.75 Å². The summed E-state index contributed by atoms with van der Waals surface area (Å²) in [6.45, 7) is 2.82. The van der Waals surface area contributed by atoms with E-state index in [1.807, 2.05) is 72.1 Å². The molecule has 5 rings (SSSR count). The van der Waals surface area contributed by atoms with Crippen LogP contribution >= 0.6 is 11.3 Å². The molecule has 0 aliphatic rings. The van der Waals surface area contributed by atoms with Gasteiger partial charge in [0, 0.05) is 24.0 Å². The summed E-state index contributed by atoms with van der Waals surface area (Å²) in [5, 5.41) is 2.98. The van der Waals surface area contributed by atoms with Gasteiger partial charge >= 0.3 is 0 Å². The lowest BCUT2D eigenvalue weighted by molar-refractivity contribution is 0.0954. The van der Waals surface area contributed by atoms with E-state index in [4.69, 9.17) is 4.74 Å². The zero-order valence-electron chi connectivity index (χ0n) is 18.5. The molecule has 34 heavy (non-hydrogen) atoms. The topological polar surface area (TPSA) is 55.6 Å². The van der Waals surface area contributed by atoms with E-state index in [2.05, 4.69) is 10.3 Å². The highest BCUT2D eigenvalue weighted by Gasteiger charge is 2.18. The van der Waals surface area contributed by atoms with E-state index in [-0.39, 0.29) is 11.7 Å². The van der Waals surface area contributed by atoms with E-state index in [1.54, 1.807) is 12.1 Å². The minimum Gasteiger partial charge on any atom is -0.489 e. The number of rotatable bonds is 7. The Balaban J connectivity index is 1.21. The molecule has 2 heterocycles. The molecule has 0 atom stereocenters. The Labute approximate surface area is 200 Å². The number of amides is 1. The monoisotopic (exact) mass is 471 g/mol. The van der Waals surface area contributed by atoms with Crippen LogP contribution in [-0.2, 0) is 13.2 Å². The maximum atomic E-state index is 13.2. The molecule has 5 nitrogen and oxygen atoms in total. The number of carbonyl (C=O) groups excluding carboxylic acids is 1. The molecule has 0 aliphatic carbocycles. The fourth-order valence-electron chi connectivity index (χ4n) is 3.63. The molecule has 0 saturated carbocycles. The third-order valence-corrected chi connectivity index (χ3v) is 6.68. The van der Waals surface area contributed by atoms with Crippen LogP contribution in [0.1, 0.15) is 26.5 Å². The fourth-order valence-corrected chi connectivity index (χ4v) is 4.65. The molecule has 0 spiro atoms. The molecule has 1 N–H and O–H groups in total. The Bertz CT molecular complexity index is 1430. The van der Waals surface area contributed by atoms with Crippen molar-refractivity contribution in [3.05, 3.63) is 113 Å². The Morgan fingerprint density at radius 3 is 2.44 bits per heavy atom. The number of aromatic nitrogens is 2. The third-order valence-electron chi connectivity index (χ3n) is 5.53. The zero-order valence-corrected chi connectivity index (χ0v) is 19.3. The van der Waals surface area contributed by atoms with Gasteiger partial charge in [0.2, 0.25) is 0 Å². The summed E-state index contributed by atoms with van der Waals surface area (Å²) >= 11 is 1.34. The average Bonchev–Trinajstić information content (AvgIpc) is 3.42. The van der Waals surface area contributed by atoms with Gasteiger partial charge in [0.15, 0.2) is 4.96 Å². The number of nitrogens with zero attached hydrogens (tertiary/aromatic N) is 2. The predicted octanol–water partition coefficient (Wildman–Crippen LogP) is 6.02. The van der Waals surface area contributed by atoms with Crippen LogP contribution in [0.25, 0.3) is 16.2 Å². The summed E-state index contributed by atoms with van der Waals surface area (Å²) < 4.78 is 20.9. The normalized spacial score (nSPS) is 11.0. The molecule has 2 aromatic heterocycles. The summed E-state index contributed by atoms with van der Waals surface area (Å²) in [5.41, 5.74) is 4.50. The number of halogens is 1. The van der Waals surface area contributed by atoms with E-state index in [9.17, 15) is 9.18 Å². The van der Waals surface area contributed by atoms with Crippen molar-refractivity contribution in [3.8, 4) is 17.0 Å². The van der Waals surface area contributed by atoms with E-state index in [1.165, 1.54) is 23.5 Å². The number of benzene rings is 3. The smallest absolute Gasteiger partial charge is 0.263 e. The highest BCUT2D eigenvalue weighted by molar-refractivity contribution is 7.19. The first-order valence-electron chi connectivity index (χ1n) is 10.8. The van der Waals surface area contributed by atoms with Crippen LogP contribution in [0.3, 0.4) is 0 Å². The molecule has 170 valence electrons. The number of thiazole rings is 1. The number of aryl methyl sites for hydroxylation is 1. The third kappa shape index (κ3) is 4.70. The Morgan fingerprint density at radius 2 is 1.74 bits per heavy atom. The van der Waals surface area contributed by atoms with Gasteiger partial charge in [-0.1, -0.05) is 53.8 Å². The minimum atomic E-state index is -0.283. The van der Waals surface area contributed by atoms with Crippen LogP contribution in [-0.4, -0.2) is 15.3 Å². The lowest BCUT2D eigenvalue weighted by Gasteiger charge is -2.08. The van der Waals surface area contributed by atoms with Crippen molar-refractivity contribution in [2.45, 2.75) is 20.1 Å². The molecule has 7 heteroatoms. The number of ether oxygens (including phenoxy) is 1. The standard InChI is InChI=1S/C27H22FN3O2S/c1-18-25(34-27-30-24(16-31(18)27)21-9-11-22(28)12-10-21)26(32)29-15-19-7-13-23(14-8-19)33-17-20-5-3-2-4-6-20/h2-14,16H,15,17H2,1H3,(H,29,32). The first kappa shape index (κ1) is 21.9. The highest BCUT2D eigenvalue weighted by Crippen LogP contribution is 2.27. The lowest BCUT2D eigenvalue weighted by Crippen LogP contribution is -2.22. The van der Waals surface area contributed by atoms with Crippen molar-refractivity contribution < 1.29 is 13.9 Å². The summed E-state index contributed by atoms with van der Waals surface area (Å²) in [5.74, 6) is 0.362. The number of imidazole rings is 1. The van der Waals surface area contributed by atoms with Crippen LogP contribution in [0.2, 0.25) is 0 Å². The second kappa shape index (κ2) is 9.49. The van der Waals surface area contributed by atoms with E-state index < -0.39 is 0 Å². The van der Waals surface area contributed by atoms with Gasteiger partial charge < -0.3 is 10.1 Å². The van der Waals surface area contributed by atoms with E-state index in [0.717, 1.165) is 38.8 Å². The molecule has 0 saturated heterocycles. The summed E-state index contributed by atoms with van der Waals surface area (Å²) in [4.78, 5) is 18.8.